The number of benzene rings is 2. The fraction of sp³-hybridized carbons (Fsp3) is 0.188. The second-order valence-corrected chi connectivity index (χ2v) is 4.54. The van der Waals surface area contributed by atoms with Crippen LogP contribution in [0.1, 0.15) is 22.8 Å². The van der Waals surface area contributed by atoms with E-state index in [9.17, 15) is 4.79 Å². The first-order valence-corrected chi connectivity index (χ1v) is 6.72. The van der Waals surface area contributed by atoms with Crippen molar-refractivity contribution >= 4 is 17.6 Å². The monoisotopic (exact) mass is 290 g/mol. The van der Waals surface area contributed by atoms with Crippen molar-refractivity contribution in [3.63, 3.8) is 0 Å². The van der Waals surface area contributed by atoms with Crippen LogP contribution in [0.3, 0.4) is 0 Å². The van der Waals surface area contributed by atoms with E-state index in [0.29, 0.717) is 29.5 Å². The molecule has 0 radical (unpaired) electrons. The molecule has 0 saturated carbocycles. The van der Waals surface area contributed by atoms with Crippen LogP contribution in [-0.2, 0) is 11.3 Å². The Labute approximate surface area is 123 Å². The van der Waals surface area contributed by atoms with Gasteiger partial charge in [-0.05, 0) is 31.2 Å². The minimum atomic E-state index is -0.351. The Morgan fingerprint density at radius 2 is 1.95 bits per heavy atom. The number of carbonyl (C=O) groups excluding carboxylic acids is 1. The molecule has 104 valence electrons. The summed E-state index contributed by atoms with van der Waals surface area (Å²) in [4.78, 5) is 11.6. The molecule has 0 spiro atoms. The zero-order valence-electron chi connectivity index (χ0n) is 11.1. The minimum absolute atomic E-state index is 0.351. The Morgan fingerprint density at radius 1 is 1.15 bits per heavy atom. The van der Waals surface area contributed by atoms with Crippen LogP contribution in [0.25, 0.3) is 0 Å². The van der Waals surface area contributed by atoms with E-state index < -0.39 is 0 Å². The Bertz CT molecular complexity index is 596. The zero-order valence-corrected chi connectivity index (χ0v) is 11.9. The highest BCUT2D eigenvalue weighted by Gasteiger charge is 2.07. The molecule has 20 heavy (non-hydrogen) atoms. The summed E-state index contributed by atoms with van der Waals surface area (Å²) in [5.41, 5.74) is 1.37. The van der Waals surface area contributed by atoms with Gasteiger partial charge in [-0.2, -0.15) is 0 Å². The molecule has 0 atom stereocenters. The smallest absolute Gasteiger partial charge is 0.338 e. The molecule has 0 aliphatic carbocycles. The molecule has 2 aromatic carbocycles. The van der Waals surface area contributed by atoms with Crippen LogP contribution in [0.5, 0.6) is 5.75 Å². The largest absolute Gasteiger partial charge is 0.489 e. The van der Waals surface area contributed by atoms with E-state index in [1.807, 2.05) is 24.3 Å². The lowest BCUT2D eigenvalue weighted by Crippen LogP contribution is -2.05. The molecule has 0 N–H and O–H groups in total. The second kappa shape index (κ2) is 6.96. The summed E-state index contributed by atoms with van der Waals surface area (Å²) in [6.45, 7) is 2.48. The summed E-state index contributed by atoms with van der Waals surface area (Å²) in [5.74, 6) is 0.256. The van der Waals surface area contributed by atoms with E-state index in [-0.39, 0.29) is 5.97 Å². The van der Waals surface area contributed by atoms with Gasteiger partial charge in [0, 0.05) is 10.6 Å². The van der Waals surface area contributed by atoms with Crippen molar-refractivity contribution in [3.05, 3.63) is 64.7 Å². The van der Waals surface area contributed by atoms with Crippen molar-refractivity contribution in [2.75, 3.05) is 6.61 Å². The van der Waals surface area contributed by atoms with Gasteiger partial charge in [-0.1, -0.05) is 35.9 Å². The summed E-state index contributed by atoms with van der Waals surface area (Å²) in [5, 5.41) is 0.661. The van der Waals surface area contributed by atoms with Crippen LogP contribution < -0.4 is 4.74 Å². The number of esters is 1. The number of carbonyl (C=O) groups is 1. The van der Waals surface area contributed by atoms with Crippen LogP contribution in [0.4, 0.5) is 0 Å². The second-order valence-electron chi connectivity index (χ2n) is 4.13. The van der Waals surface area contributed by atoms with Crippen molar-refractivity contribution in [1.82, 2.24) is 0 Å². The van der Waals surface area contributed by atoms with Gasteiger partial charge in [-0.3, -0.25) is 0 Å². The number of hydrogen-bond donors (Lipinski definition) is 0. The van der Waals surface area contributed by atoms with Gasteiger partial charge in [0.2, 0.25) is 0 Å². The van der Waals surface area contributed by atoms with Gasteiger partial charge in [-0.15, -0.1) is 0 Å². The molecule has 3 nitrogen and oxygen atoms in total. The molecule has 0 fully saturated rings. The molecule has 0 heterocycles. The van der Waals surface area contributed by atoms with Crippen LogP contribution in [0.15, 0.2) is 48.5 Å². The van der Waals surface area contributed by atoms with E-state index in [1.54, 1.807) is 31.2 Å². The molecule has 0 saturated heterocycles. The molecule has 4 heteroatoms. The van der Waals surface area contributed by atoms with Gasteiger partial charge in [0.25, 0.3) is 0 Å². The van der Waals surface area contributed by atoms with E-state index >= 15 is 0 Å². The molecule has 0 unspecified atom stereocenters. The summed E-state index contributed by atoms with van der Waals surface area (Å²) < 4.78 is 10.6. The first-order valence-electron chi connectivity index (χ1n) is 6.34. The highest BCUT2D eigenvalue weighted by molar-refractivity contribution is 6.31. The maximum atomic E-state index is 11.6. The molecule has 2 aromatic rings. The average molecular weight is 291 g/mol. The summed E-state index contributed by atoms with van der Waals surface area (Å²) >= 11 is 6.06. The third kappa shape index (κ3) is 3.75. The zero-order chi connectivity index (χ0) is 14.4. The molecular formula is C16H15ClO3. The van der Waals surface area contributed by atoms with Crippen molar-refractivity contribution in [1.29, 1.82) is 0 Å². The molecule has 0 bridgehead atoms. The Balaban J connectivity index is 2.05. The number of hydrogen-bond acceptors (Lipinski definition) is 3. The molecule has 0 amide bonds. The van der Waals surface area contributed by atoms with Crippen molar-refractivity contribution in [2.45, 2.75) is 13.5 Å². The quantitative estimate of drug-likeness (QED) is 0.778. The van der Waals surface area contributed by atoms with E-state index in [0.717, 1.165) is 5.56 Å². The fourth-order valence-corrected chi connectivity index (χ4v) is 1.89. The van der Waals surface area contributed by atoms with Crippen LogP contribution in [-0.4, -0.2) is 12.6 Å². The van der Waals surface area contributed by atoms with Crippen LogP contribution in [0.2, 0.25) is 5.02 Å². The van der Waals surface area contributed by atoms with Crippen molar-refractivity contribution in [2.24, 2.45) is 0 Å². The Hall–Kier alpha value is -2.00. The first kappa shape index (κ1) is 14.4. The third-order valence-corrected chi connectivity index (χ3v) is 3.07. The lowest BCUT2D eigenvalue weighted by Gasteiger charge is -2.09. The predicted octanol–water partition coefficient (Wildman–Crippen LogP) is 4.10. The Kier molecular flexibility index (Phi) is 5.02. The highest BCUT2D eigenvalue weighted by Crippen LogP contribution is 2.19. The first-order chi connectivity index (χ1) is 9.70. The van der Waals surface area contributed by atoms with Gasteiger partial charge in [-0.25, -0.2) is 4.79 Å². The predicted molar refractivity (Wildman–Crippen MR) is 78.2 cm³/mol. The van der Waals surface area contributed by atoms with Crippen LogP contribution >= 0.6 is 11.6 Å². The number of rotatable bonds is 5. The van der Waals surface area contributed by atoms with Crippen molar-refractivity contribution in [3.8, 4) is 5.75 Å². The van der Waals surface area contributed by atoms with Gasteiger partial charge in [0.1, 0.15) is 12.4 Å². The highest BCUT2D eigenvalue weighted by atomic mass is 35.5. The topological polar surface area (TPSA) is 35.5 Å². The maximum Gasteiger partial charge on any atom is 0.338 e. The van der Waals surface area contributed by atoms with E-state index in [1.165, 1.54) is 0 Å². The molecule has 0 aromatic heterocycles. The Morgan fingerprint density at radius 3 is 2.70 bits per heavy atom. The fourth-order valence-electron chi connectivity index (χ4n) is 1.70. The maximum absolute atomic E-state index is 11.6. The lowest BCUT2D eigenvalue weighted by molar-refractivity contribution is 0.0526. The molecule has 2 rings (SSSR count). The molecular weight excluding hydrogens is 276 g/mol. The van der Waals surface area contributed by atoms with E-state index in [4.69, 9.17) is 21.1 Å². The van der Waals surface area contributed by atoms with Gasteiger partial charge in [0.05, 0.1) is 12.2 Å². The summed E-state index contributed by atoms with van der Waals surface area (Å²) in [6, 6.07) is 14.4. The summed E-state index contributed by atoms with van der Waals surface area (Å²) in [6.07, 6.45) is 0. The van der Waals surface area contributed by atoms with Gasteiger partial charge in [0.15, 0.2) is 0 Å². The normalized spacial score (nSPS) is 10.1. The SMILES string of the molecule is CCOC(=O)c1cccc(OCc2ccccc2Cl)c1. The minimum Gasteiger partial charge on any atom is -0.489 e. The lowest BCUT2D eigenvalue weighted by atomic mass is 10.2. The van der Waals surface area contributed by atoms with Crippen LogP contribution in [0, 0.1) is 0 Å². The van der Waals surface area contributed by atoms with Gasteiger partial charge >= 0.3 is 5.97 Å². The van der Waals surface area contributed by atoms with E-state index in [2.05, 4.69) is 0 Å². The van der Waals surface area contributed by atoms with Crippen molar-refractivity contribution < 1.29 is 14.3 Å². The molecule has 0 aliphatic heterocycles. The standard InChI is InChI=1S/C16H15ClO3/c1-2-19-16(18)12-7-5-8-14(10-12)20-11-13-6-3-4-9-15(13)17/h3-10H,2,11H2,1H3. The molecule has 0 aliphatic rings. The average Bonchev–Trinajstić information content (AvgIpc) is 2.47. The number of ether oxygens (including phenoxy) is 2. The number of halogens is 1. The van der Waals surface area contributed by atoms with Gasteiger partial charge < -0.3 is 9.47 Å². The summed E-state index contributed by atoms with van der Waals surface area (Å²) in [7, 11) is 0. The third-order valence-electron chi connectivity index (χ3n) is 2.70.